The molecule has 1 nitrogen and oxygen atoms in total. The van der Waals surface area contributed by atoms with Crippen LogP contribution in [0.3, 0.4) is 0 Å². The molecule has 0 unspecified atom stereocenters. The van der Waals surface area contributed by atoms with E-state index in [4.69, 9.17) is 4.42 Å². The normalized spacial score (nSPS) is 13.1. The van der Waals surface area contributed by atoms with Gasteiger partial charge in [-0.05, 0) is 36.8 Å². The molecule has 2 aromatic rings. The lowest BCUT2D eigenvalue weighted by Crippen LogP contribution is -2.03. The van der Waals surface area contributed by atoms with Gasteiger partial charge >= 0.3 is 6.18 Å². The maximum atomic E-state index is 12.6. The number of hydrogen-bond acceptors (Lipinski definition) is 1. The monoisotopic (exact) mass is 266 g/mol. The predicted molar refractivity (Wildman–Crippen MR) is 69.7 cm³/mol. The molecule has 0 aliphatic rings. The molecule has 0 saturated carbocycles. The van der Waals surface area contributed by atoms with Gasteiger partial charge in [0, 0.05) is 5.39 Å². The maximum Gasteiger partial charge on any atom is 0.416 e. The minimum absolute atomic E-state index is 0.451. The van der Waals surface area contributed by atoms with E-state index in [-0.39, 0.29) is 0 Å². The molecule has 0 bridgehead atoms. The molecule has 0 aliphatic heterocycles. The third-order valence-corrected chi connectivity index (χ3v) is 2.61. The van der Waals surface area contributed by atoms with Gasteiger partial charge in [0.1, 0.15) is 11.3 Å². The molecule has 2 rings (SSSR count). The highest BCUT2D eigenvalue weighted by Crippen LogP contribution is 2.32. The van der Waals surface area contributed by atoms with Crippen LogP contribution >= 0.6 is 0 Å². The van der Waals surface area contributed by atoms with Crippen LogP contribution in [0.1, 0.15) is 24.7 Å². The van der Waals surface area contributed by atoms with Crippen molar-refractivity contribution in [3.63, 3.8) is 0 Å². The number of furan rings is 1. The van der Waals surface area contributed by atoms with Crippen molar-refractivity contribution in [2.75, 3.05) is 0 Å². The van der Waals surface area contributed by atoms with Crippen LogP contribution in [0.25, 0.3) is 17.0 Å². The number of hydrogen-bond donors (Lipinski definition) is 0. The molecule has 0 fully saturated rings. The molecule has 1 aromatic heterocycles. The van der Waals surface area contributed by atoms with Crippen LogP contribution in [0.15, 0.2) is 46.9 Å². The first-order valence-corrected chi connectivity index (χ1v) is 5.94. The molecule has 0 spiro atoms. The first-order valence-electron chi connectivity index (χ1n) is 5.94. The Hall–Kier alpha value is -1.97. The second-order valence-electron chi connectivity index (χ2n) is 4.09. The lowest BCUT2D eigenvalue weighted by Gasteiger charge is -2.04. The highest BCUT2D eigenvalue weighted by Gasteiger charge is 2.30. The third-order valence-electron chi connectivity index (χ3n) is 2.61. The SMILES string of the molecule is CCC=CC=Cc1cc2cc(C(F)(F)F)ccc2o1. The molecule has 1 heterocycles. The van der Waals surface area contributed by atoms with Crippen LogP contribution in [0.5, 0.6) is 0 Å². The zero-order valence-electron chi connectivity index (χ0n) is 10.4. The summed E-state index contributed by atoms with van der Waals surface area (Å²) in [4.78, 5) is 0. The van der Waals surface area contributed by atoms with E-state index >= 15 is 0 Å². The van der Waals surface area contributed by atoms with Crippen molar-refractivity contribution in [3.8, 4) is 0 Å². The molecule has 0 amide bonds. The summed E-state index contributed by atoms with van der Waals surface area (Å²) < 4.78 is 43.1. The molecular weight excluding hydrogens is 253 g/mol. The highest BCUT2D eigenvalue weighted by molar-refractivity contribution is 5.80. The summed E-state index contributed by atoms with van der Waals surface area (Å²) in [6, 6.07) is 5.06. The van der Waals surface area contributed by atoms with E-state index in [1.807, 2.05) is 19.1 Å². The summed E-state index contributed by atoms with van der Waals surface area (Å²) in [7, 11) is 0. The number of halogens is 3. The van der Waals surface area contributed by atoms with Crippen molar-refractivity contribution in [2.24, 2.45) is 0 Å². The van der Waals surface area contributed by atoms with E-state index in [9.17, 15) is 13.2 Å². The van der Waals surface area contributed by atoms with Gasteiger partial charge in [0.05, 0.1) is 5.56 Å². The van der Waals surface area contributed by atoms with Gasteiger partial charge in [-0.25, -0.2) is 0 Å². The Morgan fingerprint density at radius 1 is 1.16 bits per heavy atom. The van der Waals surface area contributed by atoms with Crippen molar-refractivity contribution in [1.82, 2.24) is 0 Å². The third kappa shape index (κ3) is 3.28. The van der Waals surface area contributed by atoms with Crippen molar-refractivity contribution >= 4 is 17.0 Å². The number of rotatable bonds is 3. The van der Waals surface area contributed by atoms with Crippen LogP contribution in [-0.2, 0) is 6.18 Å². The van der Waals surface area contributed by atoms with Crippen molar-refractivity contribution in [1.29, 1.82) is 0 Å². The minimum atomic E-state index is -4.33. The molecule has 1 aromatic carbocycles. The van der Waals surface area contributed by atoms with Crippen LogP contribution in [-0.4, -0.2) is 0 Å². The van der Waals surface area contributed by atoms with Crippen LogP contribution in [0, 0.1) is 0 Å². The van der Waals surface area contributed by atoms with Gasteiger partial charge in [-0.15, -0.1) is 0 Å². The second-order valence-corrected chi connectivity index (χ2v) is 4.09. The van der Waals surface area contributed by atoms with E-state index in [0.717, 1.165) is 18.6 Å². The number of alkyl halides is 3. The van der Waals surface area contributed by atoms with Crippen molar-refractivity contribution in [3.05, 3.63) is 53.8 Å². The molecule has 0 radical (unpaired) electrons. The maximum absolute atomic E-state index is 12.6. The Kier molecular flexibility index (Phi) is 3.79. The van der Waals surface area contributed by atoms with Gasteiger partial charge in [-0.2, -0.15) is 13.2 Å². The number of benzene rings is 1. The summed E-state index contributed by atoms with van der Waals surface area (Å²) in [5, 5.41) is 0.453. The Morgan fingerprint density at radius 3 is 2.63 bits per heavy atom. The fourth-order valence-electron chi connectivity index (χ4n) is 1.69. The zero-order chi connectivity index (χ0) is 13.9. The molecule has 0 N–H and O–H groups in total. The largest absolute Gasteiger partial charge is 0.457 e. The van der Waals surface area contributed by atoms with Crippen LogP contribution in [0.4, 0.5) is 13.2 Å². The van der Waals surface area contributed by atoms with E-state index in [1.54, 1.807) is 18.2 Å². The Bertz CT molecular complexity index is 618. The highest BCUT2D eigenvalue weighted by atomic mass is 19.4. The Labute approximate surface area is 109 Å². The van der Waals surface area contributed by atoms with Crippen LogP contribution < -0.4 is 0 Å². The van der Waals surface area contributed by atoms with Gasteiger partial charge in [0.2, 0.25) is 0 Å². The molecule has 0 saturated heterocycles. The van der Waals surface area contributed by atoms with E-state index in [2.05, 4.69) is 0 Å². The number of allylic oxidation sites excluding steroid dienone is 3. The summed E-state index contributed by atoms with van der Waals surface area (Å²) in [5.41, 5.74) is -0.214. The molecule has 0 atom stereocenters. The predicted octanol–water partition coefficient (Wildman–Crippen LogP) is 5.43. The molecule has 100 valence electrons. The molecule has 4 heteroatoms. The lowest BCUT2D eigenvalue weighted by molar-refractivity contribution is -0.137. The smallest absolute Gasteiger partial charge is 0.416 e. The Morgan fingerprint density at radius 2 is 1.95 bits per heavy atom. The summed E-state index contributed by atoms with van der Waals surface area (Å²) >= 11 is 0. The zero-order valence-corrected chi connectivity index (χ0v) is 10.4. The summed E-state index contributed by atoms with van der Waals surface area (Å²) in [5.74, 6) is 0.537. The first-order chi connectivity index (χ1) is 9.00. The van der Waals surface area contributed by atoms with Crippen LogP contribution in [0.2, 0.25) is 0 Å². The minimum Gasteiger partial charge on any atom is -0.457 e. The first kappa shape index (κ1) is 13.5. The standard InChI is InChI=1S/C15H13F3O/c1-2-3-4-5-6-13-10-11-9-12(15(16,17)18)7-8-14(11)19-13/h3-10H,2H2,1H3. The van der Waals surface area contributed by atoms with Crippen molar-refractivity contribution in [2.45, 2.75) is 19.5 Å². The van der Waals surface area contributed by atoms with Gasteiger partial charge in [0.15, 0.2) is 0 Å². The number of fused-ring (bicyclic) bond motifs is 1. The quantitative estimate of drug-likeness (QED) is 0.675. The van der Waals surface area contributed by atoms with E-state index in [1.165, 1.54) is 6.07 Å². The lowest BCUT2D eigenvalue weighted by atomic mass is 10.1. The van der Waals surface area contributed by atoms with Gasteiger partial charge in [-0.1, -0.05) is 25.2 Å². The Balaban J connectivity index is 2.31. The van der Waals surface area contributed by atoms with Crippen molar-refractivity contribution < 1.29 is 17.6 Å². The molecular formula is C15H13F3O. The summed E-state index contributed by atoms with van der Waals surface area (Å²) in [6.07, 6.45) is 3.96. The van der Waals surface area contributed by atoms with E-state index < -0.39 is 11.7 Å². The fraction of sp³-hybridized carbons (Fsp3) is 0.200. The van der Waals surface area contributed by atoms with Gasteiger partial charge in [-0.3, -0.25) is 0 Å². The van der Waals surface area contributed by atoms with Gasteiger partial charge < -0.3 is 4.42 Å². The average Bonchev–Trinajstić information content (AvgIpc) is 2.75. The van der Waals surface area contributed by atoms with E-state index in [0.29, 0.717) is 16.7 Å². The topological polar surface area (TPSA) is 13.1 Å². The fourth-order valence-corrected chi connectivity index (χ4v) is 1.69. The second kappa shape index (κ2) is 5.34. The average molecular weight is 266 g/mol. The molecule has 19 heavy (non-hydrogen) atoms. The van der Waals surface area contributed by atoms with Gasteiger partial charge in [0.25, 0.3) is 0 Å². The molecule has 0 aliphatic carbocycles. The summed E-state index contributed by atoms with van der Waals surface area (Å²) in [6.45, 7) is 2.02.